The monoisotopic (exact) mass is 333 g/mol. The average Bonchev–Trinajstić information content (AvgIpc) is 3.08. The van der Waals surface area contributed by atoms with Gasteiger partial charge in [0.1, 0.15) is 5.60 Å². The first-order chi connectivity index (χ1) is 12.4. The Kier molecular flexibility index (Phi) is 3.91. The Morgan fingerprint density at radius 1 is 0.800 bits per heavy atom. The maximum absolute atomic E-state index is 6.74. The summed E-state index contributed by atoms with van der Waals surface area (Å²) in [7, 11) is 0. The Morgan fingerprint density at radius 2 is 1.40 bits per heavy atom. The Bertz CT molecular complexity index is 715. The molecule has 2 saturated heterocycles. The molecular weight excluding hydrogens is 306 g/mol. The molecule has 2 aliphatic heterocycles. The number of piperidine rings is 1. The molecule has 2 fully saturated rings. The second kappa shape index (κ2) is 6.26. The zero-order chi connectivity index (χ0) is 16.7. The lowest BCUT2D eigenvalue weighted by Gasteiger charge is -2.34. The molecule has 130 valence electrons. The van der Waals surface area contributed by atoms with E-state index in [0.29, 0.717) is 6.04 Å². The summed E-state index contributed by atoms with van der Waals surface area (Å²) in [5.41, 5.74) is 5.53. The van der Waals surface area contributed by atoms with Gasteiger partial charge in [0.2, 0.25) is 0 Å². The summed E-state index contributed by atoms with van der Waals surface area (Å²) in [6.07, 6.45) is 7.41. The molecule has 1 spiro atoms. The average molecular weight is 333 g/mol. The summed E-state index contributed by atoms with van der Waals surface area (Å²) >= 11 is 0. The molecule has 25 heavy (non-hydrogen) atoms. The molecule has 3 aliphatic rings. The lowest BCUT2D eigenvalue weighted by Crippen LogP contribution is -2.40. The highest BCUT2D eigenvalue weighted by Gasteiger charge is 2.47. The lowest BCUT2D eigenvalue weighted by molar-refractivity contribution is 0.0310. The minimum atomic E-state index is -0.244. The minimum absolute atomic E-state index is 0.244. The highest BCUT2D eigenvalue weighted by molar-refractivity contribution is 5.48. The normalized spacial score (nSPS) is 25.4. The van der Waals surface area contributed by atoms with Crippen LogP contribution < -0.4 is 0 Å². The molecule has 2 nitrogen and oxygen atoms in total. The van der Waals surface area contributed by atoms with Crippen molar-refractivity contribution in [3.05, 3.63) is 70.8 Å². The van der Waals surface area contributed by atoms with Crippen LogP contribution in [-0.4, -0.2) is 30.6 Å². The minimum Gasteiger partial charge on any atom is -0.364 e. The van der Waals surface area contributed by atoms with Crippen molar-refractivity contribution >= 4 is 0 Å². The van der Waals surface area contributed by atoms with Crippen molar-refractivity contribution in [3.63, 3.8) is 0 Å². The van der Waals surface area contributed by atoms with Gasteiger partial charge in [0.15, 0.2) is 0 Å². The summed E-state index contributed by atoms with van der Waals surface area (Å²) in [4.78, 5) is 2.69. The summed E-state index contributed by atoms with van der Waals surface area (Å²) < 4.78 is 6.74. The van der Waals surface area contributed by atoms with Gasteiger partial charge in [-0.05, 0) is 61.0 Å². The van der Waals surface area contributed by atoms with Crippen molar-refractivity contribution in [2.75, 3.05) is 19.7 Å². The van der Waals surface area contributed by atoms with E-state index in [4.69, 9.17) is 4.74 Å². The number of fused-ring (bicyclic) bond motifs is 4. The van der Waals surface area contributed by atoms with Crippen molar-refractivity contribution in [1.29, 1.82) is 0 Å². The molecule has 1 atom stereocenters. The zero-order valence-corrected chi connectivity index (χ0v) is 14.9. The van der Waals surface area contributed by atoms with Gasteiger partial charge in [-0.2, -0.15) is 0 Å². The van der Waals surface area contributed by atoms with Gasteiger partial charge < -0.3 is 4.74 Å². The van der Waals surface area contributed by atoms with Crippen molar-refractivity contribution in [2.45, 2.75) is 50.2 Å². The highest BCUT2D eigenvalue weighted by atomic mass is 16.5. The third-order valence-electron chi connectivity index (χ3n) is 6.52. The number of aryl methyl sites for hydroxylation is 2. The van der Waals surface area contributed by atoms with Crippen LogP contribution in [-0.2, 0) is 23.2 Å². The molecule has 0 bridgehead atoms. The Labute approximate surface area is 150 Å². The van der Waals surface area contributed by atoms with Gasteiger partial charge in [-0.3, -0.25) is 4.90 Å². The van der Waals surface area contributed by atoms with Crippen LogP contribution in [0.15, 0.2) is 48.5 Å². The first-order valence-electron chi connectivity index (χ1n) is 9.92. The molecule has 2 heteroatoms. The predicted molar refractivity (Wildman–Crippen MR) is 101 cm³/mol. The Morgan fingerprint density at radius 3 is 2.04 bits per heavy atom. The molecule has 0 amide bonds. The van der Waals surface area contributed by atoms with E-state index in [9.17, 15) is 0 Å². The van der Waals surface area contributed by atoms with Crippen LogP contribution in [0.1, 0.15) is 47.9 Å². The fraction of sp³-hybridized carbons (Fsp3) is 0.478. The fourth-order valence-electron chi connectivity index (χ4n) is 5.26. The highest BCUT2D eigenvalue weighted by Crippen LogP contribution is 2.48. The first kappa shape index (κ1) is 15.6. The quantitative estimate of drug-likeness (QED) is 0.771. The lowest BCUT2D eigenvalue weighted by atomic mass is 9.80. The number of hydrogen-bond donors (Lipinski definition) is 0. The number of ether oxygens (including phenoxy) is 1. The van der Waals surface area contributed by atoms with Gasteiger partial charge in [-0.15, -0.1) is 0 Å². The van der Waals surface area contributed by atoms with Gasteiger partial charge >= 0.3 is 0 Å². The summed E-state index contributed by atoms with van der Waals surface area (Å²) in [6.45, 7) is 3.35. The molecule has 0 radical (unpaired) electrons. The largest absolute Gasteiger partial charge is 0.364 e. The number of benzene rings is 2. The Balaban J connectivity index is 1.60. The van der Waals surface area contributed by atoms with Crippen LogP contribution in [0, 0.1) is 0 Å². The third-order valence-corrected chi connectivity index (χ3v) is 6.52. The molecule has 2 aromatic carbocycles. The number of nitrogens with zero attached hydrogens (tertiary/aromatic N) is 1. The van der Waals surface area contributed by atoms with Gasteiger partial charge in [-0.1, -0.05) is 55.0 Å². The van der Waals surface area contributed by atoms with E-state index in [1.165, 1.54) is 54.6 Å². The van der Waals surface area contributed by atoms with E-state index in [-0.39, 0.29) is 5.60 Å². The molecule has 1 unspecified atom stereocenters. The van der Waals surface area contributed by atoms with E-state index in [1.54, 1.807) is 0 Å². The van der Waals surface area contributed by atoms with Crippen molar-refractivity contribution in [1.82, 2.24) is 4.90 Å². The number of rotatable bonds is 1. The smallest absolute Gasteiger partial charge is 0.120 e. The van der Waals surface area contributed by atoms with Crippen LogP contribution in [0.2, 0.25) is 0 Å². The topological polar surface area (TPSA) is 12.5 Å². The van der Waals surface area contributed by atoms with Gasteiger partial charge in [0.05, 0.1) is 6.61 Å². The van der Waals surface area contributed by atoms with Crippen molar-refractivity contribution in [2.24, 2.45) is 0 Å². The van der Waals surface area contributed by atoms with Crippen LogP contribution in [0.5, 0.6) is 0 Å². The molecule has 1 aliphatic carbocycles. The van der Waals surface area contributed by atoms with Gasteiger partial charge in [-0.25, -0.2) is 0 Å². The Hall–Kier alpha value is -1.64. The van der Waals surface area contributed by atoms with Crippen molar-refractivity contribution < 1.29 is 4.74 Å². The molecule has 2 aromatic rings. The first-order valence-corrected chi connectivity index (χ1v) is 9.92. The number of hydrogen-bond acceptors (Lipinski definition) is 2. The second-order valence-corrected chi connectivity index (χ2v) is 7.91. The summed E-state index contributed by atoms with van der Waals surface area (Å²) in [5.74, 6) is 0. The summed E-state index contributed by atoms with van der Waals surface area (Å²) in [5, 5.41) is 0. The molecule has 2 heterocycles. The third kappa shape index (κ3) is 2.54. The number of likely N-dealkylation sites (tertiary alicyclic amines) is 1. The SMILES string of the molecule is c1ccc2c(c1)CCc1ccccc1C21CC(N2CCCCC2)CO1. The maximum Gasteiger partial charge on any atom is 0.120 e. The van der Waals surface area contributed by atoms with E-state index in [2.05, 4.69) is 53.4 Å². The second-order valence-electron chi connectivity index (χ2n) is 7.91. The molecule has 0 aromatic heterocycles. The van der Waals surface area contributed by atoms with E-state index in [0.717, 1.165) is 25.9 Å². The molecular formula is C23H27NO. The standard InChI is InChI=1S/C23H27NO/c1-6-14-24(15-7-1)20-16-23(25-17-20)21-10-4-2-8-18(21)12-13-19-9-3-5-11-22(19)23/h2-5,8-11,20H,1,6-7,12-17H2. The molecule has 5 rings (SSSR count). The van der Waals surface area contributed by atoms with E-state index < -0.39 is 0 Å². The summed E-state index contributed by atoms with van der Waals surface area (Å²) in [6, 6.07) is 18.5. The van der Waals surface area contributed by atoms with E-state index in [1.807, 2.05) is 0 Å². The van der Waals surface area contributed by atoms with Crippen LogP contribution in [0.4, 0.5) is 0 Å². The van der Waals surface area contributed by atoms with Gasteiger partial charge in [0.25, 0.3) is 0 Å². The predicted octanol–water partition coefficient (Wildman–Crippen LogP) is 4.30. The van der Waals surface area contributed by atoms with E-state index >= 15 is 0 Å². The van der Waals surface area contributed by atoms with Crippen LogP contribution in [0.3, 0.4) is 0 Å². The van der Waals surface area contributed by atoms with Crippen LogP contribution in [0.25, 0.3) is 0 Å². The fourth-order valence-corrected chi connectivity index (χ4v) is 5.26. The zero-order valence-electron chi connectivity index (χ0n) is 14.9. The van der Waals surface area contributed by atoms with Crippen LogP contribution >= 0.6 is 0 Å². The maximum atomic E-state index is 6.74. The van der Waals surface area contributed by atoms with Crippen molar-refractivity contribution in [3.8, 4) is 0 Å². The molecule has 0 saturated carbocycles. The molecule has 0 N–H and O–H groups in total. The van der Waals surface area contributed by atoms with Gasteiger partial charge in [0, 0.05) is 12.5 Å².